The highest BCUT2D eigenvalue weighted by Gasteiger charge is 2.30. The molecule has 0 aliphatic carbocycles. The molecule has 0 bridgehead atoms. The number of thioether (sulfide) groups is 1. The lowest BCUT2D eigenvalue weighted by atomic mass is 10.1. The molecule has 1 fully saturated rings. The molecular weight excluding hydrogens is 306 g/mol. The number of amides is 1. The summed E-state index contributed by atoms with van der Waals surface area (Å²) in [6.07, 6.45) is 2.37. The van der Waals surface area contributed by atoms with Crippen LogP contribution in [0.3, 0.4) is 0 Å². The second-order valence-corrected chi connectivity index (χ2v) is 6.54. The summed E-state index contributed by atoms with van der Waals surface area (Å²) in [5.41, 5.74) is 3.33. The Labute approximate surface area is 139 Å². The molecule has 2 aromatic carbocycles. The van der Waals surface area contributed by atoms with Crippen LogP contribution in [0.25, 0.3) is 0 Å². The fourth-order valence-electron chi connectivity index (χ4n) is 2.33. The summed E-state index contributed by atoms with van der Waals surface area (Å²) < 4.78 is 0. The van der Waals surface area contributed by atoms with Gasteiger partial charge in [-0.25, -0.2) is 0 Å². The summed E-state index contributed by atoms with van der Waals surface area (Å²) in [5.74, 6) is -0.00910. The van der Waals surface area contributed by atoms with E-state index in [9.17, 15) is 4.79 Å². The summed E-state index contributed by atoms with van der Waals surface area (Å²) in [5, 5.41) is 11.3. The summed E-state index contributed by atoms with van der Waals surface area (Å²) in [4.78, 5) is 12.0. The largest absolute Gasteiger partial charge is 0.303 e. The summed E-state index contributed by atoms with van der Waals surface area (Å²) in [6, 6.07) is 18.0. The second-order valence-electron chi connectivity index (χ2n) is 5.35. The third-order valence-corrected chi connectivity index (χ3v) is 4.51. The minimum atomic E-state index is -0.150. The number of benzene rings is 2. The van der Waals surface area contributed by atoms with E-state index >= 15 is 0 Å². The van der Waals surface area contributed by atoms with Gasteiger partial charge in [-0.2, -0.15) is 5.10 Å². The molecule has 4 nitrogen and oxygen atoms in total. The first-order valence-electron chi connectivity index (χ1n) is 7.40. The average Bonchev–Trinajstić information content (AvgIpc) is 2.88. The van der Waals surface area contributed by atoms with E-state index in [-0.39, 0.29) is 11.2 Å². The Kier molecular flexibility index (Phi) is 4.88. The van der Waals surface area contributed by atoms with Crippen LogP contribution in [0.4, 0.5) is 0 Å². The smallest absolute Gasteiger partial charge is 0.239 e. The number of nitrogens with zero attached hydrogens (tertiary/aromatic N) is 2. The molecule has 0 spiro atoms. The molecule has 0 radical (unpaired) electrons. The highest BCUT2D eigenvalue weighted by Crippen LogP contribution is 2.23. The van der Waals surface area contributed by atoms with E-state index in [1.165, 1.54) is 17.3 Å². The van der Waals surface area contributed by atoms with Gasteiger partial charge in [-0.15, -0.1) is 5.10 Å². The Balaban J connectivity index is 1.63. The van der Waals surface area contributed by atoms with Crippen molar-refractivity contribution in [3.05, 3.63) is 71.3 Å². The number of carbonyl (C=O) groups is 1. The van der Waals surface area contributed by atoms with Crippen molar-refractivity contribution in [3.8, 4) is 0 Å². The molecule has 1 amide bonds. The molecular formula is C18H17N3OS. The standard InChI is InChI=1S/C18H17N3OS/c1-13-6-5-9-15(10-13)11-16-17(22)20-18(23-16)21-19-12-14-7-3-2-4-8-14/h2-10,12,16H,11H2,1H3,(H,20,21,22)/t16-/m1/s1. The number of hydrogen-bond acceptors (Lipinski definition) is 4. The molecule has 116 valence electrons. The van der Waals surface area contributed by atoms with Gasteiger partial charge in [0.2, 0.25) is 5.91 Å². The van der Waals surface area contributed by atoms with Crippen molar-refractivity contribution in [1.82, 2.24) is 5.32 Å². The van der Waals surface area contributed by atoms with Gasteiger partial charge < -0.3 is 5.32 Å². The van der Waals surface area contributed by atoms with Crippen LogP contribution in [0.15, 0.2) is 64.8 Å². The number of hydrogen-bond donors (Lipinski definition) is 1. The van der Waals surface area contributed by atoms with Gasteiger partial charge in [-0.3, -0.25) is 4.79 Å². The molecule has 1 aliphatic rings. The SMILES string of the molecule is Cc1cccc(C[C@H]2S/C(=N/N=Cc3ccccc3)NC2=O)c1. The lowest BCUT2D eigenvalue weighted by molar-refractivity contribution is -0.118. The maximum Gasteiger partial charge on any atom is 0.239 e. The van der Waals surface area contributed by atoms with Crippen molar-refractivity contribution in [2.24, 2.45) is 10.2 Å². The lowest BCUT2D eigenvalue weighted by Gasteiger charge is -2.05. The molecule has 1 aliphatic heterocycles. The van der Waals surface area contributed by atoms with Crippen LogP contribution in [-0.4, -0.2) is 22.5 Å². The predicted octanol–water partition coefficient (Wildman–Crippen LogP) is 3.16. The van der Waals surface area contributed by atoms with Crippen LogP contribution in [0.2, 0.25) is 0 Å². The highest BCUT2D eigenvalue weighted by molar-refractivity contribution is 8.15. The zero-order chi connectivity index (χ0) is 16.1. The van der Waals surface area contributed by atoms with Crippen molar-refractivity contribution in [3.63, 3.8) is 0 Å². The Morgan fingerprint density at radius 1 is 1.17 bits per heavy atom. The Hall–Kier alpha value is -2.40. The molecule has 2 aromatic rings. The zero-order valence-electron chi connectivity index (χ0n) is 12.8. The molecule has 5 heteroatoms. The van der Waals surface area contributed by atoms with Crippen LogP contribution in [0, 0.1) is 6.92 Å². The first kappa shape index (κ1) is 15.5. The fourth-order valence-corrected chi connectivity index (χ4v) is 3.29. The van der Waals surface area contributed by atoms with Gasteiger partial charge in [0.15, 0.2) is 5.17 Å². The van der Waals surface area contributed by atoms with Gasteiger partial charge in [0.1, 0.15) is 0 Å². The van der Waals surface area contributed by atoms with Gasteiger partial charge in [0.25, 0.3) is 0 Å². The van der Waals surface area contributed by atoms with Crippen LogP contribution in [0.1, 0.15) is 16.7 Å². The molecule has 0 unspecified atom stereocenters. The van der Waals surface area contributed by atoms with Crippen molar-refractivity contribution in [2.75, 3.05) is 0 Å². The lowest BCUT2D eigenvalue weighted by Crippen LogP contribution is -2.25. The van der Waals surface area contributed by atoms with Gasteiger partial charge in [0, 0.05) is 0 Å². The maximum atomic E-state index is 12.0. The topological polar surface area (TPSA) is 53.8 Å². The minimum absolute atomic E-state index is 0.00910. The monoisotopic (exact) mass is 323 g/mol. The predicted molar refractivity (Wildman–Crippen MR) is 95.9 cm³/mol. The minimum Gasteiger partial charge on any atom is -0.303 e. The number of amidine groups is 1. The Bertz CT molecular complexity index is 756. The average molecular weight is 323 g/mol. The van der Waals surface area contributed by atoms with Crippen molar-refractivity contribution in [2.45, 2.75) is 18.6 Å². The molecule has 1 N–H and O–H groups in total. The van der Waals surface area contributed by atoms with E-state index in [0.717, 1.165) is 11.1 Å². The quantitative estimate of drug-likeness (QED) is 0.694. The fraction of sp³-hybridized carbons (Fsp3) is 0.167. The van der Waals surface area contributed by atoms with Crippen LogP contribution < -0.4 is 5.32 Å². The first-order valence-corrected chi connectivity index (χ1v) is 8.28. The summed E-state index contributed by atoms with van der Waals surface area (Å²) in [7, 11) is 0. The van der Waals surface area contributed by atoms with Crippen molar-refractivity contribution < 1.29 is 4.79 Å². The Morgan fingerprint density at radius 2 is 2.00 bits per heavy atom. The summed E-state index contributed by atoms with van der Waals surface area (Å²) >= 11 is 1.43. The molecule has 3 rings (SSSR count). The molecule has 1 heterocycles. The van der Waals surface area contributed by atoms with E-state index in [1.54, 1.807) is 6.21 Å². The third-order valence-electron chi connectivity index (χ3n) is 3.43. The summed E-state index contributed by atoms with van der Waals surface area (Å²) in [6.45, 7) is 2.05. The maximum absolute atomic E-state index is 12.0. The van der Waals surface area contributed by atoms with E-state index in [4.69, 9.17) is 0 Å². The van der Waals surface area contributed by atoms with Gasteiger partial charge in [0.05, 0.1) is 11.5 Å². The molecule has 1 saturated heterocycles. The first-order chi connectivity index (χ1) is 11.2. The Morgan fingerprint density at radius 3 is 2.78 bits per heavy atom. The van der Waals surface area contributed by atoms with E-state index in [1.807, 2.05) is 42.5 Å². The number of nitrogens with one attached hydrogen (secondary N) is 1. The number of rotatable bonds is 4. The normalized spacial score (nSPS) is 19.4. The van der Waals surface area contributed by atoms with Crippen LogP contribution >= 0.6 is 11.8 Å². The number of aryl methyl sites for hydroxylation is 1. The molecule has 0 saturated carbocycles. The van der Waals surface area contributed by atoms with E-state index in [0.29, 0.717) is 11.6 Å². The van der Waals surface area contributed by atoms with Gasteiger partial charge >= 0.3 is 0 Å². The van der Waals surface area contributed by atoms with Gasteiger partial charge in [-0.1, -0.05) is 71.9 Å². The third kappa shape index (κ3) is 4.29. The zero-order valence-corrected chi connectivity index (χ0v) is 13.6. The molecule has 1 atom stereocenters. The number of carbonyl (C=O) groups excluding carboxylic acids is 1. The highest BCUT2D eigenvalue weighted by atomic mass is 32.2. The molecule has 23 heavy (non-hydrogen) atoms. The van der Waals surface area contributed by atoms with Crippen LogP contribution in [0.5, 0.6) is 0 Å². The van der Waals surface area contributed by atoms with E-state index in [2.05, 4.69) is 34.6 Å². The van der Waals surface area contributed by atoms with Crippen molar-refractivity contribution >= 4 is 29.1 Å². The van der Waals surface area contributed by atoms with E-state index < -0.39 is 0 Å². The van der Waals surface area contributed by atoms with Crippen molar-refractivity contribution in [1.29, 1.82) is 0 Å². The van der Waals surface area contributed by atoms with Crippen LogP contribution in [-0.2, 0) is 11.2 Å². The molecule has 0 aromatic heterocycles. The second kappa shape index (κ2) is 7.24. The van der Waals surface area contributed by atoms with Gasteiger partial charge in [-0.05, 0) is 24.5 Å².